The molecule has 2 aromatic rings. The Balaban J connectivity index is 1.56. The summed E-state index contributed by atoms with van der Waals surface area (Å²) in [5, 5.41) is 4.99. The van der Waals surface area contributed by atoms with Crippen molar-refractivity contribution in [2.45, 2.75) is 44.1 Å². The maximum Gasteiger partial charge on any atom is 0.230 e. The summed E-state index contributed by atoms with van der Waals surface area (Å²) in [5.41, 5.74) is 0.935. The van der Waals surface area contributed by atoms with Gasteiger partial charge >= 0.3 is 0 Å². The molecule has 0 spiro atoms. The van der Waals surface area contributed by atoms with Crippen LogP contribution in [0.15, 0.2) is 29.3 Å². The Hall–Kier alpha value is -1.62. The first-order chi connectivity index (χ1) is 11.2. The van der Waals surface area contributed by atoms with E-state index in [1.54, 1.807) is 0 Å². The lowest BCUT2D eigenvalue weighted by Gasteiger charge is -2.21. The van der Waals surface area contributed by atoms with Crippen LogP contribution in [0.3, 0.4) is 0 Å². The number of carbonyl (C=O) groups is 1. The number of aryl methyl sites for hydroxylation is 1. The predicted molar refractivity (Wildman–Crippen MR) is 94.6 cm³/mol. The second kappa shape index (κ2) is 7.77. The van der Waals surface area contributed by atoms with Crippen molar-refractivity contribution in [1.29, 1.82) is 0 Å². The number of rotatable bonds is 5. The molecule has 0 atom stereocenters. The lowest BCUT2D eigenvalue weighted by atomic mass is 9.89. The van der Waals surface area contributed by atoms with Gasteiger partial charge in [-0.15, -0.1) is 0 Å². The molecule has 0 saturated heterocycles. The van der Waals surface area contributed by atoms with Crippen LogP contribution in [0.4, 0.5) is 0 Å². The molecule has 1 aliphatic rings. The average Bonchev–Trinajstić information content (AvgIpc) is 2.58. The molecule has 0 bridgehead atoms. The Morgan fingerprint density at radius 1 is 1.22 bits per heavy atom. The number of carbonyl (C=O) groups excluding carboxylic acids is 1. The molecule has 3 rings (SSSR count). The number of nitrogens with one attached hydrogen (secondary N) is 1. The largest absolute Gasteiger partial charge is 0.355 e. The molecule has 4 nitrogen and oxygen atoms in total. The van der Waals surface area contributed by atoms with E-state index in [0.717, 1.165) is 28.3 Å². The molecule has 1 heterocycles. The Morgan fingerprint density at radius 3 is 2.83 bits per heavy atom. The molecule has 23 heavy (non-hydrogen) atoms. The summed E-state index contributed by atoms with van der Waals surface area (Å²) in [6.45, 7) is 2.71. The summed E-state index contributed by atoms with van der Waals surface area (Å²) in [7, 11) is 0. The molecule has 122 valence electrons. The van der Waals surface area contributed by atoms with Gasteiger partial charge in [-0.05, 0) is 31.7 Å². The minimum Gasteiger partial charge on any atom is -0.355 e. The van der Waals surface area contributed by atoms with Crippen molar-refractivity contribution >= 4 is 28.6 Å². The standard InChI is InChI=1S/C18H23N3OS/c1-13-20-16-10-6-5-9-15(16)18(21-13)23-12-17(22)19-11-14-7-3-2-4-8-14/h5-6,9-10,14H,2-4,7-8,11-12H2,1H3,(H,19,22). The van der Waals surface area contributed by atoms with E-state index in [2.05, 4.69) is 15.3 Å². The van der Waals surface area contributed by atoms with E-state index >= 15 is 0 Å². The first-order valence-electron chi connectivity index (χ1n) is 8.35. The molecule has 5 heteroatoms. The number of nitrogens with zero attached hydrogens (tertiary/aromatic N) is 2. The molecular formula is C18H23N3OS. The molecule has 0 unspecified atom stereocenters. The molecule has 0 aliphatic heterocycles. The number of hydrogen-bond donors (Lipinski definition) is 1. The number of thioether (sulfide) groups is 1. The Labute approximate surface area is 141 Å². The highest BCUT2D eigenvalue weighted by atomic mass is 32.2. The molecule has 1 aromatic heterocycles. The Kier molecular flexibility index (Phi) is 5.49. The minimum atomic E-state index is 0.0981. The normalized spacial score (nSPS) is 15.7. The Bertz CT molecular complexity index is 683. The highest BCUT2D eigenvalue weighted by Crippen LogP contribution is 2.25. The van der Waals surface area contributed by atoms with Gasteiger partial charge in [0, 0.05) is 11.9 Å². The minimum absolute atomic E-state index is 0.0981. The average molecular weight is 329 g/mol. The molecule has 1 aliphatic carbocycles. The van der Waals surface area contributed by atoms with Crippen molar-refractivity contribution in [2.24, 2.45) is 5.92 Å². The van der Waals surface area contributed by atoms with Crippen LogP contribution in [0, 0.1) is 12.8 Å². The van der Waals surface area contributed by atoms with Gasteiger partial charge in [0.1, 0.15) is 10.9 Å². The van der Waals surface area contributed by atoms with Crippen molar-refractivity contribution in [1.82, 2.24) is 15.3 Å². The second-order valence-electron chi connectivity index (χ2n) is 6.19. The van der Waals surface area contributed by atoms with E-state index in [0.29, 0.717) is 11.7 Å². The van der Waals surface area contributed by atoms with E-state index in [-0.39, 0.29) is 5.91 Å². The summed E-state index contributed by atoms with van der Waals surface area (Å²) in [5.74, 6) is 1.92. The fourth-order valence-corrected chi connectivity index (χ4v) is 4.00. The monoisotopic (exact) mass is 329 g/mol. The van der Waals surface area contributed by atoms with Crippen LogP contribution >= 0.6 is 11.8 Å². The van der Waals surface area contributed by atoms with Gasteiger partial charge in [-0.25, -0.2) is 9.97 Å². The Morgan fingerprint density at radius 2 is 2.00 bits per heavy atom. The first-order valence-corrected chi connectivity index (χ1v) is 9.34. The molecule has 1 N–H and O–H groups in total. The molecule has 1 aromatic carbocycles. The number of benzene rings is 1. The predicted octanol–water partition coefficient (Wildman–Crippen LogP) is 3.73. The molecule has 0 radical (unpaired) electrons. The zero-order chi connectivity index (χ0) is 16.1. The van der Waals surface area contributed by atoms with Crippen LogP contribution in [-0.2, 0) is 4.79 Å². The summed E-state index contributed by atoms with van der Waals surface area (Å²) in [4.78, 5) is 21.0. The van der Waals surface area contributed by atoms with Crippen molar-refractivity contribution in [3.8, 4) is 0 Å². The molecule has 1 amide bonds. The van der Waals surface area contributed by atoms with Crippen LogP contribution in [-0.4, -0.2) is 28.2 Å². The summed E-state index contributed by atoms with van der Waals surface area (Å²) in [6, 6.07) is 7.95. The van der Waals surface area contributed by atoms with Crippen molar-refractivity contribution in [3.63, 3.8) is 0 Å². The first kappa shape index (κ1) is 16.2. The van der Waals surface area contributed by atoms with E-state index in [9.17, 15) is 4.79 Å². The number of amides is 1. The number of aromatic nitrogens is 2. The molecular weight excluding hydrogens is 306 g/mol. The van der Waals surface area contributed by atoms with Crippen LogP contribution in [0.2, 0.25) is 0 Å². The van der Waals surface area contributed by atoms with Gasteiger partial charge in [-0.3, -0.25) is 4.79 Å². The second-order valence-corrected chi connectivity index (χ2v) is 7.15. The van der Waals surface area contributed by atoms with Gasteiger partial charge in [0.2, 0.25) is 5.91 Å². The van der Waals surface area contributed by atoms with E-state index in [1.165, 1.54) is 43.9 Å². The smallest absolute Gasteiger partial charge is 0.230 e. The van der Waals surface area contributed by atoms with Crippen LogP contribution in [0.25, 0.3) is 10.9 Å². The van der Waals surface area contributed by atoms with Crippen molar-refractivity contribution in [3.05, 3.63) is 30.1 Å². The van der Waals surface area contributed by atoms with Crippen LogP contribution in [0.1, 0.15) is 37.9 Å². The van der Waals surface area contributed by atoms with E-state index in [4.69, 9.17) is 0 Å². The lowest BCUT2D eigenvalue weighted by molar-refractivity contribution is -0.118. The summed E-state index contributed by atoms with van der Waals surface area (Å²) in [6.07, 6.45) is 6.47. The maximum absolute atomic E-state index is 12.1. The van der Waals surface area contributed by atoms with E-state index in [1.807, 2.05) is 31.2 Å². The highest BCUT2D eigenvalue weighted by Gasteiger charge is 2.15. The highest BCUT2D eigenvalue weighted by molar-refractivity contribution is 8.00. The zero-order valence-corrected chi connectivity index (χ0v) is 14.4. The van der Waals surface area contributed by atoms with Crippen molar-refractivity contribution < 1.29 is 4.79 Å². The van der Waals surface area contributed by atoms with Crippen molar-refractivity contribution in [2.75, 3.05) is 12.3 Å². The number of para-hydroxylation sites is 1. The van der Waals surface area contributed by atoms with Gasteiger partial charge in [-0.2, -0.15) is 0 Å². The summed E-state index contributed by atoms with van der Waals surface area (Å²) < 4.78 is 0. The molecule has 1 saturated carbocycles. The van der Waals surface area contributed by atoms with Gasteiger partial charge in [0.05, 0.1) is 11.3 Å². The van der Waals surface area contributed by atoms with Gasteiger partial charge < -0.3 is 5.32 Å². The number of fused-ring (bicyclic) bond motifs is 1. The van der Waals surface area contributed by atoms with E-state index < -0.39 is 0 Å². The third-order valence-electron chi connectivity index (χ3n) is 4.33. The summed E-state index contributed by atoms with van der Waals surface area (Å²) >= 11 is 1.50. The fraction of sp³-hybridized carbons (Fsp3) is 0.500. The topological polar surface area (TPSA) is 54.9 Å². The molecule has 1 fully saturated rings. The third kappa shape index (κ3) is 4.44. The zero-order valence-electron chi connectivity index (χ0n) is 13.5. The third-order valence-corrected chi connectivity index (χ3v) is 5.32. The maximum atomic E-state index is 12.1. The SMILES string of the molecule is Cc1nc(SCC(=O)NCC2CCCCC2)c2ccccc2n1. The fourth-order valence-electron chi connectivity index (χ4n) is 3.10. The number of hydrogen-bond acceptors (Lipinski definition) is 4. The van der Waals surface area contributed by atoms with Gasteiger partial charge in [0.25, 0.3) is 0 Å². The van der Waals surface area contributed by atoms with Crippen LogP contribution < -0.4 is 5.32 Å². The van der Waals surface area contributed by atoms with Gasteiger partial charge in [-0.1, -0.05) is 49.2 Å². The van der Waals surface area contributed by atoms with Gasteiger partial charge in [0.15, 0.2) is 0 Å². The quantitative estimate of drug-likeness (QED) is 0.671. The lowest BCUT2D eigenvalue weighted by Crippen LogP contribution is -2.31. The van der Waals surface area contributed by atoms with Crippen LogP contribution in [0.5, 0.6) is 0 Å².